The van der Waals surface area contributed by atoms with Crippen molar-refractivity contribution in [3.8, 4) is 11.4 Å². The van der Waals surface area contributed by atoms with Crippen LogP contribution in [0.4, 0.5) is 0 Å². The number of hydrogen-bond acceptors (Lipinski definition) is 5. The maximum absolute atomic E-state index is 13.2. The molecule has 1 aromatic heterocycles. The third-order valence-corrected chi connectivity index (χ3v) is 6.56. The lowest BCUT2D eigenvalue weighted by Gasteiger charge is -2.24. The minimum absolute atomic E-state index is 0.0196. The molecule has 2 aromatic carbocycles. The summed E-state index contributed by atoms with van der Waals surface area (Å²) in [6.45, 7) is 7.82. The van der Waals surface area contributed by atoms with Gasteiger partial charge in [-0.05, 0) is 37.5 Å². The van der Waals surface area contributed by atoms with Gasteiger partial charge in [0.05, 0.1) is 11.4 Å². The second-order valence-corrected chi connectivity index (χ2v) is 9.14. The summed E-state index contributed by atoms with van der Waals surface area (Å²) in [5.74, 6) is 1.04. The summed E-state index contributed by atoms with van der Waals surface area (Å²) in [6.07, 6.45) is 0. The van der Waals surface area contributed by atoms with Gasteiger partial charge in [0.15, 0.2) is 0 Å². The van der Waals surface area contributed by atoms with Crippen LogP contribution >= 0.6 is 0 Å². The van der Waals surface area contributed by atoms with Gasteiger partial charge < -0.3 is 4.52 Å². The Morgan fingerprint density at radius 2 is 1.61 bits per heavy atom. The van der Waals surface area contributed by atoms with Gasteiger partial charge >= 0.3 is 0 Å². The molecule has 0 aliphatic heterocycles. The first-order valence-corrected chi connectivity index (χ1v) is 10.7. The van der Waals surface area contributed by atoms with Gasteiger partial charge in [0.1, 0.15) is 0 Å². The van der Waals surface area contributed by atoms with E-state index in [1.807, 2.05) is 56.3 Å². The van der Waals surface area contributed by atoms with Gasteiger partial charge in [0.2, 0.25) is 21.7 Å². The highest BCUT2D eigenvalue weighted by Crippen LogP contribution is 2.24. The molecule has 3 rings (SSSR count). The molecule has 28 heavy (non-hydrogen) atoms. The summed E-state index contributed by atoms with van der Waals surface area (Å²) in [6, 6.07) is 16.2. The van der Waals surface area contributed by atoms with Crippen molar-refractivity contribution in [1.29, 1.82) is 0 Å². The normalized spacial score (nSPS) is 12.2. The lowest BCUT2D eigenvalue weighted by molar-refractivity contribution is 0.286. The van der Waals surface area contributed by atoms with Gasteiger partial charge in [-0.25, -0.2) is 8.42 Å². The molecule has 0 N–H and O–H groups in total. The minimum atomic E-state index is -3.69. The quantitative estimate of drug-likeness (QED) is 0.586. The van der Waals surface area contributed by atoms with Crippen molar-refractivity contribution in [2.24, 2.45) is 0 Å². The molecule has 0 unspecified atom stereocenters. The average Bonchev–Trinajstić information content (AvgIpc) is 3.15. The highest BCUT2D eigenvalue weighted by atomic mass is 32.2. The Kier molecular flexibility index (Phi) is 5.96. The van der Waals surface area contributed by atoms with Crippen LogP contribution in [0.15, 0.2) is 64.0 Å². The van der Waals surface area contributed by atoms with Crippen molar-refractivity contribution in [3.63, 3.8) is 0 Å². The third kappa shape index (κ3) is 4.31. The van der Waals surface area contributed by atoms with E-state index in [0.717, 1.165) is 11.1 Å². The summed E-state index contributed by atoms with van der Waals surface area (Å²) < 4.78 is 33.0. The molecular formula is C21H25N3O3S. The van der Waals surface area contributed by atoms with Crippen LogP contribution in [0.2, 0.25) is 0 Å². The third-order valence-electron chi connectivity index (χ3n) is 4.52. The number of sulfonamides is 1. The molecule has 0 atom stereocenters. The fourth-order valence-corrected chi connectivity index (χ4v) is 4.45. The van der Waals surface area contributed by atoms with E-state index in [4.69, 9.17) is 4.52 Å². The molecule has 0 radical (unpaired) electrons. The van der Waals surface area contributed by atoms with Crippen molar-refractivity contribution >= 4 is 10.0 Å². The molecule has 148 valence electrons. The van der Waals surface area contributed by atoms with E-state index < -0.39 is 10.0 Å². The van der Waals surface area contributed by atoms with Crippen LogP contribution in [0.1, 0.15) is 45.1 Å². The maximum atomic E-state index is 13.2. The minimum Gasteiger partial charge on any atom is -0.338 e. The van der Waals surface area contributed by atoms with Crippen LogP contribution in [0.5, 0.6) is 0 Å². The van der Waals surface area contributed by atoms with Crippen molar-refractivity contribution in [2.45, 2.75) is 51.1 Å². The van der Waals surface area contributed by atoms with Crippen molar-refractivity contribution in [2.75, 3.05) is 0 Å². The smallest absolute Gasteiger partial charge is 0.243 e. The second kappa shape index (κ2) is 8.24. The molecule has 0 aliphatic carbocycles. The summed E-state index contributed by atoms with van der Waals surface area (Å²) in [5, 5.41) is 3.98. The Labute approximate surface area is 166 Å². The molecule has 0 saturated heterocycles. The summed E-state index contributed by atoms with van der Waals surface area (Å²) in [5.41, 5.74) is 1.92. The van der Waals surface area contributed by atoms with Gasteiger partial charge in [0, 0.05) is 11.6 Å². The first-order chi connectivity index (χ1) is 13.3. The molecule has 0 fully saturated rings. The highest BCUT2D eigenvalue weighted by Gasteiger charge is 2.29. The molecule has 0 amide bonds. The van der Waals surface area contributed by atoms with Gasteiger partial charge in [-0.3, -0.25) is 0 Å². The Bertz CT molecular complexity index is 1010. The Hall–Kier alpha value is -2.51. The van der Waals surface area contributed by atoms with E-state index in [-0.39, 0.29) is 23.4 Å². The molecule has 0 saturated carbocycles. The monoisotopic (exact) mass is 399 g/mol. The zero-order valence-electron chi connectivity index (χ0n) is 16.5. The summed E-state index contributed by atoms with van der Waals surface area (Å²) >= 11 is 0. The highest BCUT2D eigenvalue weighted by molar-refractivity contribution is 7.89. The molecule has 0 aliphatic rings. The predicted octanol–water partition coefficient (Wildman–Crippen LogP) is 4.46. The number of benzene rings is 2. The molecule has 0 bridgehead atoms. The molecule has 7 heteroatoms. The van der Waals surface area contributed by atoms with Crippen LogP contribution in [-0.2, 0) is 16.6 Å². The van der Waals surface area contributed by atoms with Gasteiger partial charge in [-0.1, -0.05) is 61.5 Å². The standard InChI is InChI=1S/C21H25N3O3S/c1-15(2)17-10-12-19(13-11-17)28(25,26)24(16(3)4)14-20-22-21(23-27-20)18-8-6-5-7-9-18/h5-13,15-16H,14H2,1-4H3. The van der Waals surface area contributed by atoms with E-state index in [1.165, 1.54) is 4.31 Å². The van der Waals surface area contributed by atoms with Gasteiger partial charge in [-0.2, -0.15) is 9.29 Å². The number of hydrogen-bond donors (Lipinski definition) is 0. The molecule has 0 spiro atoms. The van der Waals surface area contributed by atoms with E-state index in [2.05, 4.69) is 24.0 Å². The number of aromatic nitrogens is 2. The Morgan fingerprint density at radius 3 is 2.18 bits per heavy atom. The lowest BCUT2D eigenvalue weighted by atomic mass is 10.0. The fraction of sp³-hybridized carbons (Fsp3) is 0.333. The topological polar surface area (TPSA) is 76.3 Å². The van der Waals surface area contributed by atoms with Crippen LogP contribution in [0.3, 0.4) is 0 Å². The number of nitrogens with zero attached hydrogens (tertiary/aromatic N) is 3. The van der Waals surface area contributed by atoms with E-state index >= 15 is 0 Å². The summed E-state index contributed by atoms with van der Waals surface area (Å²) in [7, 11) is -3.69. The molecule has 6 nitrogen and oxygen atoms in total. The van der Waals surface area contributed by atoms with Crippen LogP contribution in [-0.4, -0.2) is 28.9 Å². The van der Waals surface area contributed by atoms with Gasteiger partial charge in [0.25, 0.3) is 0 Å². The van der Waals surface area contributed by atoms with E-state index in [9.17, 15) is 8.42 Å². The molecule has 1 heterocycles. The maximum Gasteiger partial charge on any atom is 0.243 e. The van der Waals surface area contributed by atoms with Crippen LogP contribution < -0.4 is 0 Å². The second-order valence-electron chi connectivity index (χ2n) is 7.25. The Morgan fingerprint density at radius 1 is 0.964 bits per heavy atom. The SMILES string of the molecule is CC(C)c1ccc(S(=O)(=O)N(Cc2nc(-c3ccccc3)no2)C(C)C)cc1. The zero-order valence-corrected chi connectivity index (χ0v) is 17.3. The lowest BCUT2D eigenvalue weighted by Crippen LogP contribution is -2.36. The predicted molar refractivity (Wildman–Crippen MR) is 108 cm³/mol. The van der Waals surface area contributed by atoms with E-state index in [1.54, 1.807) is 12.1 Å². The van der Waals surface area contributed by atoms with Crippen LogP contribution in [0.25, 0.3) is 11.4 Å². The summed E-state index contributed by atoms with van der Waals surface area (Å²) in [4.78, 5) is 4.62. The first kappa shape index (κ1) is 20.2. The number of rotatable bonds is 7. The van der Waals surface area contributed by atoms with Crippen molar-refractivity contribution in [3.05, 3.63) is 66.1 Å². The zero-order chi connectivity index (χ0) is 20.3. The molecule has 3 aromatic rings. The fourth-order valence-electron chi connectivity index (χ4n) is 2.86. The van der Waals surface area contributed by atoms with Gasteiger partial charge in [-0.15, -0.1) is 0 Å². The van der Waals surface area contributed by atoms with E-state index in [0.29, 0.717) is 11.7 Å². The largest absolute Gasteiger partial charge is 0.338 e. The van der Waals surface area contributed by atoms with Crippen molar-refractivity contribution < 1.29 is 12.9 Å². The first-order valence-electron chi connectivity index (χ1n) is 9.29. The van der Waals surface area contributed by atoms with Crippen LogP contribution in [0, 0.1) is 0 Å². The Balaban J connectivity index is 1.86. The van der Waals surface area contributed by atoms with Crippen molar-refractivity contribution in [1.82, 2.24) is 14.4 Å². The molecular weight excluding hydrogens is 374 g/mol. The average molecular weight is 400 g/mol.